The van der Waals surface area contributed by atoms with Crippen molar-refractivity contribution in [3.8, 4) is 0 Å². The summed E-state index contributed by atoms with van der Waals surface area (Å²) >= 11 is 0. The fourth-order valence-corrected chi connectivity index (χ4v) is 3.46. The summed E-state index contributed by atoms with van der Waals surface area (Å²) in [6.45, 7) is 0.686. The first-order valence-electron chi connectivity index (χ1n) is 7.42. The van der Waals surface area contributed by atoms with Crippen molar-refractivity contribution in [3.63, 3.8) is 0 Å². The van der Waals surface area contributed by atoms with E-state index in [2.05, 4.69) is 17.3 Å². The minimum atomic E-state index is 0.219. The number of unbranched alkanes of at least 4 members (excludes halogenated alkanes) is 1. The molecule has 2 unspecified atom stereocenters. The summed E-state index contributed by atoms with van der Waals surface area (Å²) in [5, 5.41) is 3.22. The number of nitrogens with zero attached hydrogens (tertiary/aromatic N) is 1. The molecule has 0 aromatic rings. The number of carbonyl (C=O) groups excluding carboxylic acids is 1. The van der Waals surface area contributed by atoms with Crippen LogP contribution in [0.5, 0.6) is 0 Å². The first-order valence-corrected chi connectivity index (χ1v) is 7.42. The molecular formula is C14H27N3O. The summed E-state index contributed by atoms with van der Waals surface area (Å²) < 4.78 is 0. The summed E-state index contributed by atoms with van der Waals surface area (Å²) in [6, 6.07) is 1.78. The molecule has 0 saturated carbocycles. The van der Waals surface area contributed by atoms with Crippen molar-refractivity contribution in [3.05, 3.63) is 0 Å². The zero-order chi connectivity index (χ0) is 13.0. The van der Waals surface area contributed by atoms with Crippen molar-refractivity contribution < 1.29 is 4.79 Å². The Kier molecular flexibility index (Phi) is 5.01. The molecule has 0 aromatic heterocycles. The standard InChI is InChI=1S/C14H27N3O/c1-17-12-5-4-6-13(17)10-11(9-12)16-14(18)7-2-3-8-15/h11-13H,2-10,15H2,1H3,(H,16,18). The van der Waals surface area contributed by atoms with E-state index in [1.54, 1.807) is 0 Å². The van der Waals surface area contributed by atoms with Crippen LogP contribution in [0.1, 0.15) is 51.4 Å². The van der Waals surface area contributed by atoms with Crippen molar-refractivity contribution in [2.24, 2.45) is 5.73 Å². The maximum atomic E-state index is 11.8. The van der Waals surface area contributed by atoms with Crippen LogP contribution >= 0.6 is 0 Å². The third-order valence-corrected chi connectivity index (χ3v) is 4.56. The lowest BCUT2D eigenvalue weighted by Crippen LogP contribution is -2.55. The van der Waals surface area contributed by atoms with E-state index in [1.165, 1.54) is 19.3 Å². The van der Waals surface area contributed by atoms with E-state index in [4.69, 9.17) is 5.73 Å². The van der Waals surface area contributed by atoms with Gasteiger partial charge in [0.05, 0.1) is 0 Å². The minimum absolute atomic E-state index is 0.219. The second kappa shape index (κ2) is 6.53. The number of nitrogens with two attached hydrogens (primary N) is 1. The van der Waals surface area contributed by atoms with Crippen LogP contribution in [0.4, 0.5) is 0 Å². The molecule has 3 N–H and O–H groups in total. The molecule has 0 radical (unpaired) electrons. The van der Waals surface area contributed by atoms with Crippen LogP contribution in [0, 0.1) is 0 Å². The number of fused-ring (bicyclic) bond motifs is 2. The number of piperidine rings is 2. The van der Waals surface area contributed by atoms with Crippen LogP contribution in [0.25, 0.3) is 0 Å². The molecule has 0 aromatic carbocycles. The average Bonchev–Trinajstić information content (AvgIpc) is 2.31. The molecule has 104 valence electrons. The third kappa shape index (κ3) is 3.45. The molecule has 4 heteroatoms. The Hall–Kier alpha value is -0.610. The Morgan fingerprint density at radius 2 is 1.94 bits per heavy atom. The van der Waals surface area contributed by atoms with E-state index in [0.29, 0.717) is 31.1 Å². The molecule has 18 heavy (non-hydrogen) atoms. The van der Waals surface area contributed by atoms with Crippen LogP contribution in [-0.4, -0.2) is 42.5 Å². The highest BCUT2D eigenvalue weighted by atomic mass is 16.1. The summed E-state index contributed by atoms with van der Waals surface area (Å²) in [6.07, 6.45) is 8.73. The lowest BCUT2D eigenvalue weighted by Gasteiger charge is -2.47. The molecule has 0 spiro atoms. The molecule has 2 aliphatic heterocycles. The zero-order valence-corrected chi connectivity index (χ0v) is 11.5. The van der Waals surface area contributed by atoms with Crippen LogP contribution < -0.4 is 11.1 Å². The molecule has 2 rings (SSSR count). The molecule has 2 bridgehead atoms. The van der Waals surface area contributed by atoms with Crippen LogP contribution in [0.15, 0.2) is 0 Å². The normalized spacial score (nSPS) is 32.2. The van der Waals surface area contributed by atoms with Gasteiger partial charge in [-0.1, -0.05) is 6.42 Å². The molecule has 2 fully saturated rings. The van der Waals surface area contributed by atoms with Gasteiger partial charge in [0.25, 0.3) is 0 Å². The lowest BCUT2D eigenvalue weighted by molar-refractivity contribution is -0.122. The van der Waals surface area contributed by atoms with E-state index in [1.807, 2.05) is 0 Å². The van der Waals surface area contributed by atoms with E-state index in [0.717, 1.165) is 25.7 Å². The van der Waals surface area contributed by atoms with Gasteiger partial charge in [-0.05, 0) is 52.1 Å². The maximum Gasteiger partial charge on any atom is 0.220 e. The molecular weight excluding hydrogens is 226 g/mol. The van der Waals surface area contributed by atoms with Crippen LogP contribution in [0.2, 0.25) is 0 Å². The van der Waals surface area contributed by atoms with Gasteiger partial charge in [0.2, 0.25) is 5.91 Å². The van der Waals surface area contributed by atoms with Gasteiger partial charge in [-0.25, -0.2) is 0 Å². The Morgan fingerprint density at radius 1 is 1.28 bits per heavy atom. The van der Waals surface area contributed by atoms with Crippen molar-refractivity contribution in [1.29, 1.82) is 0 Å². The molecule has 0 aliphatic carbocycles. The smallest absolute Gasteiger partial charge is 0.220 e. The molecule has 2 heterocycles. The van der Waals surface area contributed by atoms with Crippen LogP contribution in [-0.2, 0) is 4.79 Å². The highest BCUT2D eigenvalue weighted by molar-refractivity contribution is 5.76. The van der Waals surface area contributed by atoms with Crippen molar-refractivity contribution in [1.82, 2.24) is 10.2 Å². The topological polar surface area (TPSA) is 58.4 Å². The number of rotatable bonds is 5. The van der Waals surface area contributed by atoms with E-state index < -0.39 is 0 Å². The minimum Gasteiger partial charge on any atom is -0.353 e. The molecule has 2 atom stereocenters. The number of amides is 1. The summed E-state index contributed by atoms with van der Waals surface area (Å²) in [7, 11) is 2.24. The summed E-state index contributed by atoms with van der Waals surface area (Å²) in [4.78, 5) is 14.4. The quantitative estimate of drug-likeness (QED) is 0.725. The summed E-state index contributed by atoms with van der Waals surface area (Å²) in [5.74, 6) is 0.219. The number of carbonyl (C=O) groups is 1. The van der Waals surface area contributed by atoms with Crippen molar-refractivity contribution in [2.75, 3.05) is 13.6 Å². The van der Waals surface area contributed by atoms with Gasteiger partial charge in [0.15, 0.2) is 0 Å². The largest absolute Gasteiger partial charge is 0.353 e. The van der Waals surface area contributed by atoms with E-state index in [9.17, 15) is 4.79 Å². The number of hydrogen-bond donors (Lipinski definition) is 2. The van der Waals surface area contributed by atoms with Crippen molar-refractivity contribution in [2.45, 2.75) is 69.5 Å². The van der Waals surface area contributed by atoms with Gasteiger partial charge in [-0.3, -0.25) is 4.79 Å². The van der Waals surface area contributed by atoms with Gasteiger partial charge >= 0.3 is 0 Å². The predicted molar refractivity (Wildman–Crippen MR) is 73.3 cm³/mol. The molecule has 2 aliphatic rings. The van der Waals surface area contributed by atoms with E-state index >= 15 is 0 Å². The fourth-order valence-electron chi connectivity index (χ4n) is 3.46. The van der Waals surface area contributed by atoms with Gasteiger partial charge in [0, 0.05) is 24.5 Å². The zero-order valence-electron chi connectivity index (χ0n) is 11.5. The average molecular weight is 253 g/mol. The second-order valence-corrected chi connectivity index (χ2v) is 5.89. The van der Waals surface area contributed by atoms with E-state index in [-0.39, 0.29) is 5.91 Å². The van der Waals surface area contributed by atoms with Gasteiger partial charge in [0.1, 0.15) is 0 Å². The molecule has 1 amide bonds. The number of nitrogens with one attached hydrogen (secondary N) is 1. The molecule has 2 saturated heterocycles. The Morgan fingerprint density at radius 3 is 2.56 bits per heavy atom. The first-order chi connectivity index (χ1) is 8.70. The maximum absolute atomic E-state index is 11.8. The van der Waals surface area contributed by atoms with Gasteiger partial charge in [-0.2, -0.15) is 0 Å². The number of hydrogen-bond acceptors (Lipinski definition) is 3. The Balaban J connectivity index is 1.75. The lowest BCUT2D eigenvalue weighted by atomic mass is 9.82. The molecule has 4 nitrogen and oxygen atoms in total. The third-order valence-electron chi connectivity index (χ3n) is 4.56. The fraction of sp³-hybridized carbons (Fsp3) is 0.929. The van der Waals surface area contributed by atoms with Gasteiger partial charge < -0.3 is 16.0 Å². The highest BCUT2D eigenvalue weighted by Gasteiger charge is 2.36. The summed E-state index contributed by atoms with van der Waals surface area (Å²) in [5.41, 5.74) is 5.44. The Bertz CT molecular complexity index is 268. The first kappa shape index (κ1) is 13.8. The monoisotopic (exact) mass is 253 g/mol. The second-order valence-electron chi connectivity index (χ2n) is 5.89. The Labute approximate surface area is 110 Å². The predicted octanol–water partition coefficient (Wildman–Crippen LogP) is 1.25. The van der Waals surface area contributed by atoms with Gasteiger partial charge in [-0.15, -0.1) is 0 Å². The highest BCUT2D eigenvalue weighted by Crippen LogP contribution is 2.32. The SMILES string of the molecule is CN1C2CCCC1CC(NC(=O)CCCCN)C2. The van der Waals surface area contributed by atoms with Crippen molar-refractivity contribution >= 4 is 5.91 Å². The van der Waals surface area contributed by atoms with Crippen LogP contribution in [0.3, 0.4) is 0 Å².